The highest BCUT2D eigenvalue weighted by Gasteiger charge is 2.12. The van der Waals surface area contributed by atoms with Gasteiger partial charge in [0.15, 0.2) is 5.69 Å². The predicted octanol–water partition coefficient (Wildman–Crippen LogP) is 2.42. The molecule has 0 atom stereocenters. The summed E-state index contributed by atoms with van der Waals surface area (Å²) in [4.78, 5) is 23.2. The van der Waals surface area contributed by atoms with Crippen molar-refractivity contribution in [2.75, 3.05) is 10.6 Å². The normalized spacial score (nSPS) is 10.2. The third-order valence-electron chi connectivity index (χ3n) is 2.95. The number of amides is 2. The van der Waals surface area contributed by atoms with Crippen LogP contribution >= 0.6 is 0 Å². The molecule has 2 rings (SSSR count). The molecule has 0 saturated carbocycles. The average Bonchev–Trinajstić information content (AvgIpc) is 2.79. The molecule has 0 unspecified atom stereocenters. The number of hydrogen-bond acceptors (Lipinski definition) is 3. The van der Waals surface area contributed by atoms with Crippen LogP contribution in [0.15, 0.2) is 30.3 Å². The Balaban J connectivity index is 2.13. The highest BCUT2D eigenvalue weighted by Crippen LogP contribution is 2.16. The molecular weight excluding hydrogens is 268 g/mol. The van der Waals surface area contributed by atoms with E-state index >= 15 is 0 Å². The number of benzene rings is 1. The zero-order chi connectivity index (χ0) is 15.4. The molecule has 6 nitrogen and oxygen atoms in total. The van der Waals surface area contributed by atoms with E-state index in [1.807, 2.05) is 13.8 Å². The van der Waals surface area contributed by atoms with Crippen LogP contribution in [-0.2, 0) is 11.3 Å². The molecule has 21 heavy (non-hydrogen) atoms. The van der Waals surface area contributed by atoms with E-state index in [0.717, 1.165) is 12.2 Å². The van der Waals surface area contributed by atoms with E-state index in [-0.39, 0.29) is 11.8 Å². The quantitative estimate of drug-likeness (QED) is 0.906. The lowest BCUT2D eigenvalue weighted by Gasteiger charge is -2.06. The summed E-state index contributed by atoms with van der Waals surface area (Å²) >= 11 is 0. The molecule has 110 valence electrons. The Morgan fingerprint density at radius 2 is 1.86 bits per heavy atom. The Labute approximate surface area is 123 Å². The second-order valence-electron chi connectivity index (χ2n) is 4.70. The molecule has 0 fully saturated rings. The third-order valence-corrected chi connectivity index (χ3v) is 2.95. The van der Waals surface area contributed by atoms with Crippen LogP contribution in [0.2, 0.25) is 0 Å². The molecule has 2 amide bonds. The van der Waals surface area contributed by atoms with E-state index in [1.54, 1.807) is 35.0 Å². The highest BCUT2D eigenvalue weighted by atomic mass is 16.2. The fraction of sp³-hybridized carbons (Fsp3) is 0.267. The van der Waals surface area contributed by atoms with E-state index in [2.05, 4.69) is 15.7 Å². The Hall–Kier alpha value is -2.63. The van der Waals surface area contributed by atoms with Gasteiger partial charge in [0.25, 0.3) is 5.91 Å². The van der Waals surface area contributed by atoms with Crippen LogP contribution in [0.25, 0.3) is 0 Å². The lowest BCUT2D eigenvalue weighted by atomic mass is 10.2. The van der Waals surface area contributed by atoms with Gasteiger partial charge in [0.05, 0.1) is 0 Å². The molecule has 2 N–H and O–H groups in total. The minimum atomic E-state index is -0.273. The monoisotopic (exact) mass is 286 g/mol. The van der Waals surface area contributed by atoms with Crippen molar-refractivity contribution in [2.24, 2.45) is 0 Å². The van der Waals surface area contributed by atoms with E-state index in [1.165, 1.54) is 6.92 Å². The summed E-state index contributed by atoms with van der Waals surface area (Å²) in [6.45, 7) is 6.03. The molecule has 0 spiro atoms. The number of anilines is 2. The van der Waals surface area contributed by atoms with Gasteiger partial charge in [0.1, 0.15) is 0 Å². The zero-order valence-corrected chi connectivity index (χ0v) is 12.3. The number of rotatable bonds is 4. The molecular formula is C15H18N4O2. The van der Waals surface area contributed by atoms with E-state index in [4.69, 9.17) is 0 Å². The molecule has 0 saturated heterocycles. The summed E-state index contributed by atoms with van der Waals surface area (Å²) in [7, 11) is 0. The lowest BCUT2D eigenvalue weighted by molar-refractivity contribution is -0.114. The number of carbonyl (C=O) groups excluding carboxylic acids is 2. The lowest BCUT2D eigenvalue weighted by Crippen LogP contribution is -2.14. The van der Waals surface area contributed by atoms with Crippen LogP contribution in [0.5, 0.6) is 0 Å². The Bertz CT molecular complexity index is 676. The standard InChI is InChI=1S/C15H18N4O2/c1-4-19-10(2)8-14(18-19)15(21)17-13-7-5-6-12(9-13)16-11(3)20/h5-9H,4H2,1-3H3,(H,16,20)(H,17,21). The Morgan fingerprint density at radius 1 is 1.19 bits per heavy atom. The molecule has 0 radical (unpaired) electrons. The number of nitrogens with one attached hydrogen (secondary N) is 2. The van der Waals surface area contributed by atoms with Crippen molar-refractivity contribution in [2.45, 2.75) is 27.3 Å². The van der Waals surface area contributed by atoms with Crippen LogP contribution in [-0.4, -0.2) is 21.6 Å². The SMILES string of the molecule is CCn1nc(C(=O)Nc2cccc(NC(C)=O)c2)cc1C. The fourth-order valence-electron chi connectivity index (χ4n) is 2.01. The van der Waals surface area contributed by atoms with E-state index in [9.17, 15) is 9.59 Å². The minimum absolute atomic E-state index is 0.157. The van der Waals surface area contributed by atoms with Gasteiger partial charge in [-0.05, 0) is 38.1 Å². The second kappa shape index (κ2) is 6.21. The summed E-state index contributed by atoms with van der Waals surface area (Å²) in [6.07, 6.45) is 0. The smallest absolute Gasteiger partial charge is 0.276 e. The van der Waals surface area contributed by atoms with Gasteiger partial charge >= 0.3 is 0 Å². The molecule has 0 aliphatic carbocycles. The van der Waals surface area contributed by atoms with E-state index < -0.39 is 0 Å². The summed E-state index contributed by atoms with van der Waals surface area (Å²) in [6, 6.07) is 8.72. The summed E-state index contributed by atoms with van der Waals surface area (Å²) < 4.78 is 1.77. The van der Waals surface area contributed by atoms with Crippen molar-refractivity contribution in [1.29, 1.82) is 0 Å². The largest absolute Gasteiger partial charge is 0.326 e. The summed E-state index contributed by atoms with van der Waals surface area (Å²) in [5, 5.41) is 9.67. The van der Waals surface area contributed by atoms with Gasteiger partial charge in [-0.1, -0.05) is 6.07 Å². The molecule has 0 aliphatic heterocycles. The van der Waals surface area contributed by atoms with Crippen LogP contribution in [0, 0.1) is 6.92 Å². The number of nitrogens with zero attached hydrogens (tertiary/aromatic N) is 2. The number of carbonyl (C=O) groups is 2. The van der Waals surface area contributed by atoms with Crippen molar-refractivity contribution in [3.8, 4) is 0 Å². The summed E-state index contributed by atoms with van der Waals surface area (Å²) in [5.41, 5.74) is 2.56. The number of aryl methyl sites for hydroxylation is 2. The van der Waals surface area contributed by atoms with Crippen molar-refractivity contribution in [1.82, 2.24) is 9.78 Å². The van der Waals surface area contributed by atoms with Gasteiger partial charge in [0, 0.05) is 30.5 Å². The first-order chi connectivity index (χ1) is 9.99. The van der Waals surface area contributed by atoms with Gasteiger partial charge in [-0.3, -0.25) is 14.3 Å². The van der Waals surface area contributed by atoms with Crippen molar-refractivity contribution < 1.29 is 9.59 Å². The first kappa shape index (κ1) is 14.8. The predicted molar refractivity (Wildman–Crippen MR) is 81.3 cm³/mol. The molecule has 1 heterocycles. The first-order valence-corrected chi connectivity index (χ1v) is 6.73. The molecule has 6 heteroatoms. The molecule has 1 aromatic heterocycles. The third kappa shape index (κ3) is 3.68. The number of aromatic nitrogens is 2. The molecule has 0 bridgehead atoms. The minimum Gasteiger partial charge on any atom is -0.326 e. The van der Waals surface area contributed by atoms with Crippen LogP contribution in [0.1, 0.15) is 30.0 Å². The first-order valence-electron chi connectivity index (χ1n) is 6.73. The molecule has 0 aliphatic rings. The average molecular weight is 286 g/mol. The van der Waals surface area contributed by atoms with Gasteiger partial charge in [-0.15, -0.1) is 0 Å². The maximum absolute atomic E-state index is 12.2. The van der Waals surface area contributed by atoms with Gasteiger partial charge in [-0.25, -0.2) is 0 Å². The maximum Gasteiger partial charge on any atom is 0.276 e. The van der Waals surface area contributed by atoms with Gasteiger partial charge in [0.2, 0.25) is 5.91 Å². The maximum atomic E-state index is 12.2. The summed E-state index contributed by atoms with van der Waals surface area (Å²) in [5.74, 6) is -0.430. The van der Waals surface area contributed by atoms with Gasteiger partial charge < -0.3 is 10.6 Å². The Kier molecular flexibility index (Phi) is 4.37. The zero-order valence-electron chi connectivity index (χ0n) is 12.3. The molecule has 1 aromatic carbocycles. The fourth-order valence-corrected chi connectivity index (χ4v) is 2.01. The van der Waals surface area contributed by atoms with E-state index in [0.29, 0.717) is 17.1 Å². The highest BCUT2D eigenvalue weighted by molar-refractivity contribution is 6.03. The van der Waals surface area contributed by atoms with Crippen LogP contribution in [0.3, 0.4) is 0 Å². The van der Waals surface area contributed by atoms with Crippen LogP contribution in [0.4, 0.5) is 11.4 Å². The second-order valence-corrected chi connectivity index (χ2v) is 4.70. The Morgan fingerprint density at radius 3 is 2.43 bits per heavy atom. The van der Waals surface area contributed by atoms with Gasteiger partial charge in [-0.2, -0.15) is 5.10 Å². The van der Waals surface area contributed by atoms with Crippen molar-refractivity contribution in [3.63, 3.8) is 0 Å². The van der Waals surface area contributed by atoms with Crippen LogP contribution < -0.4 is 10.6 Å². The van der Waals surface area contributed by atoms with Crippen molar-refractivity contribution in [3.05, 3.63) is 41.7 Å². The topological polar surface area (TPSA) is 76.0 Å². The molecule has 2 aromatic rings. The number of hydrogen-bond donors (Lipinski definition) is 2. The van der Waals surface area contributed by atoms with Crippen molar-refractivity contribution >= 4 is 23.2 Å².